The molecule has 1 aliphatic heterocycles. The molecule has 0 bridgehead atoms. The molecule has 1 fully saturated rings. The summed E-state index contributed by atoms with van der Waals surface area (Å²) in [7, 11) is 5.95. The molecule has 1 aliphatic rings. The van der Waals surface area contributed by atoms with Crippen molar-refractivity contribution < 1.29 is 14.3 Å². The van der Waals surface area contributed by atoms with Gasteiger partial charge in [0.2, 0.25) is 5.91 Å². The molecule has 0 unspecified atom stereocenters. The zero-order chi connectivity index (χ0) is 28.7. The fourth-order valence-corrected chi connectivity index (χ4v) is 5.18. The van der Waals surface area contributed by atoms with Crippen LogP contribution in [0.25, 0.3) is 0 Å². The molecular formula is C32H48N4O3. The van der Waals surface area contributed by atoms with Gasteiger partial charge in [-0.15, -0.1) is 0 Å². The third-order valence-electron chi connectivity index (χ3n) is 7.24. The van der Waals surface area contributed by atoms with E-state index in [1.165, 1.54) is 0 Å². The van der Waals surface area contributed by atoms with Crippen molar-refractivity contribution in [1.29, 1.82) is 0 Å². The minimum Gasteiger partial charge on any atom is -0.497 e. The second-order valence-corrected chi connectivity index (χ2v) is 12.6. The number of amides is 2. The maximum atomic E-state index is 13.7. The number of piperidine rings is 1. The highest BCUT2D eigenvalue weighted by molar-refractivity contribution is 5.94. The molecule has 0 spiro atoms. The molecule has 0 radical (unpaired) electrons. The summed E-state index contributed by atoms with van der Waals surface area (Å²) in [6, 6.07) is 13.9. The fraction of sp³-hybridized carbons (Fsp3) is 0.562. The van der Waals surface area contributed by atoms with E-state index in [4.69, 9.17) is 4.74 Å². The number of hydrogen-bond donors (Lipinski definition) is 1. The Balaban J connectivity index is 1.94. The van der Waals surface area contributed by atoms with Crippen molar-refractivity contribution in [1.82, 2.24) is 9.80 Å². The third kappa shape index (κ3) is 8.99. The van der Waals surface area contributed by atoms with Crippen LogP contribution in [0.15, 0.2) is 42.5 Å². The van der Waals surface area contributed by atoms with Crippen LogP contribution >= 0.6 is 0 Å². The Morgan fingerprint density at radius 1 is 1.08 bits per heavy atom. The van der Waals surface area contributed by atoms with E-state index in [2.05, 4.69) is 76.0 Å². The first-order valence-electron chi connectivity index (χ1n) is 14.1. The van der Waals surface area contributed by atoms with E-state index in [-0.39, 0.29) is 17.2 Å². The highest BCUT2D eigenvalue weighted by atomic mass is 16.5. The lowest BCUT2D eigenvalue weighted by Crippen LogP contribution is -2.42. The standard InChI is InChI=1S/C32H48N4O3/c1-23(2)21-36(31(38)24-9-12-28(39-8)13-10-24)22-25-19-26(33-30(37)20-32(3,4)5)11-14-29(25)35(7)27-15-17-34(6)18-16-27/h9-14,19,23,27H,15-18,20-22H2,1-8H3,(H,33,37). The molecule has 214 valence electrons. The molecule has 0 aromatic heterocycles. The van der Waals surface area contributed by atoms with Crippen molar-refractivity contribution >= 4 is 23.2 Å². The summed E-state index contributed by atoms with van der Waals surface area (Å²) in [5, 5.41) is 3.10. The average molecular weight is 537 g/mol. The first kappa shape index (κ1) is 30.5. The maximum absolute atomic E-state index is 13.7. The lowest BCUT2D eigenvalue weighted by atomic mass is 9.92. The normalized spacial score (nSPS) is 14.8. The number of carbonyl (C=O) groups is 2. The zero-order valence-electron chi connectivity index (χ0n) is 25.2. The van der Waals surface area contributed by atoms with Crippen LogP contribution in [0.3, 0.4) is 0 Å². The van der Waals surface area contributed by atoms with Gasteiger partial charge in [-0.05, 0) is 92.3 Å². The van der Waals surface area contributed by atoms with Gasteiger partial charge in [-0.25, -0.2) is 0 Å². The minimum atomic E-state index is -0.0972. The van der Waals surface area contributed by atoms with Crippen molar-refractivity contribution in [2.75, 3.05) is 51.1 Å². The molecule has 0 saturated carbocycles. The van der Waals surface area contributed by atoms with Crippen LogP contribution in [-0.4, -0.2) is 68.5 Å². The van der Waals surface area contributed by atoms with Crippen molar-refractivity contribution in [3.63, 3.8) is 0 Å². The van der Waals surface area contributed by atoms with Crippen molar-refractivity contribution in [3.05, 3.63) is 53.6 Å². The van der Waals surface area contributed by atoms with Crippen molar-refractivity contribution in [3.8, 4) is 5.75 Å². The summed E-state index contributed by atoms with van der Waals surface area (Å²) in [5.41, 5.74) is 3.44. The largest absolute Gasteiger partial charge is 0.497 e. The Hall–Kier alpha value is -3.06. The summed E-state index contributed by atoms with van der Waals surface area (Å²) >= 11 is 0. The van der Waals surface area contributed by atoms with E-state index < -0.39 is 0 Å². The summed E-state index contributed by atoms with van der Waals surface area (Å²) in [6.45, 7) is 13.7. The van der Waals surface area contributed by atoms with E-state index in [1.807, 2.05) is 35.2 Å². The molecular weight excluding hydrogens is 488 g/mol. The van der Waals surface area contributed by atoms with Gasteiger partial charge < -0.3 is 24.8 Å². The number of methoxy groups -OCH3 is 1. The van der Waals surface area contributed by atoms with Crippen LogP contribution in [0, 0.1) is 11.3 Å². The van der Waals surface area contributed by atoms with Crippen molar-refractivity contribution in [2.45, 2.75) is 66.5 Å². The van der Waals surface area contributed by atoms with Gasteiger partial charge in [0.25, 0.3) is 5.91 Å². The molecule has 0 aliphatic carbocycles. The second-order valence-electron chi connectivity index (χ2n) is 12.6. The molecule has 0 atom stereocenters. The van der Waals surface area contributed by atoms with Crippen LogP contribution in [0.4, 0.5) is 11.4 Å². The van der Waals surface area contributed by atoms with E-state index in [1.54, 1.807) is 7.11 Å². The van der Waals surface area contributed by atoms with Gasteiger partial charge in [0.05, 0.1) is 7.11 Å². The molecule has 7 heteroatoms. The molecule has 2 aromatic rings. The van der Waals surface area contributed by atoms with E-state index >= 15 is 0 Å². The predicted octanol–water partition coefficient (Wildman–Crippen LogP) is 5.90. The van der Waals surface area contributed by atoms with Crippen LogP contribution in [0.1, 0.15) is 69.8 Å². The molecule has 1 heterocycles. The third-order valence-corrected chi connectivity index (χ3v) is 7.24. The molecule has 7 nitrogen and oxygen atoms in total. The Morgan fingerprint density at radius 3 is 2.28 bits per heavy atom. The molecule has 39 heavy (non-hydrogen) atoms. The van der Waals surface area contributed by atoms with Gasteiger partial charge in [-0.1, -0.05) is 34.6 Å². The van der Waals surface area contributed by atoms with Gasteiger partial charge in [0, 0.05) is 49.5 Å². The van der Waals surface area contributed by atoms with Gasteiger partial charge in [-0.2, -0.15) is 0 Å². The Kier molecular flexibility index (Phi) is 10.4. The lowest BCUT2D eigenvalue weighted by Gasteiger charge is -2.38. The summed E-state index contributed by atoms with van der Waals surface area (Å²) in [4.78, 5) is 33.1. The maximum Gasteiger partial charge on any atom is 0.254 e. The smallest absolute Gasteiger partial charge is 0.254 e. The summed E-state index contributed by atoms with van der Waals surface area (Å²) < 4.78 is 5.28. The quantitative estimate of drug-likeness (QED) is 0.410. The van der Waals surface area contributed by atoms with Gasteiger partial charge in [-0.3, -0.25) is 9.59 Å². The topological polar surface area (TPSA) is 65.1 Å². The average Bonchev–Trinajstić information content (AvgIpc) is 2.87. The number of benzene rings is 2. The van der Waals surface area contributed by atoms with Gasteiger partial charge in [0.15, 0.2) is 0 Å². The number of carbonyl (C=O) groups excluding carboxylic acids is 2. The number of anilines is 2. The van der Waals surface area contributed by atoms with Crippen LogP contribution in [0.5, 0.6) is 5.75 Å². The Bertz CT molecular complexity index is 1100. The minimum absolute atomic E-state index is 0.00165. The summed E-state index contributed by atoms with van der Waals surface area (Å²) in [6.07, 6.45) is 2.63. The van der Waals surface area contributed by atoms with Crippen LogP contribution in [0.2, 0.25) is 0 Å². The van der Waals surface area contributed by atoms with Gasteiger partial charge >= 0.3 is 0 Å². The fourth-order valence-electron chi connectivity index (χ4n) is 5.18. The number of nitrogens with one attached hydrogen (secondary N) is 1. The number of likely N-dealkylation sites (tertiary alicyclic amines) is 1. The molecule has 1 N–H and O–H groups in total. The van der Waals surface area contributed by atoms with E-state index in [0.29, 0.717) is 37.0 Å². The second kappa shape index (κ2) is 13.3. The monoisotopic (exact) mass is 536 g/mol. The lowest BCUT2D eigenvalue weighted by molar-refractivity contribution is -0.117. The predicted molar refractivity (Wildman–Crippen MR) is 161 cm³/mol. The first-order chi connectivity index (χ1) is 18.4. The molecule has 3 rings (SSSR count). The molecule has 2 aromatic carbocycles. The number of hydrogen-bond acceptors (Lipinski definition) is 5. The van der Waals surface area contributed by atoms with Crippen molar-refractivity contribution in [2.24, 2.45) is 11.3 Å². The highest BCUT2D eigenvalue weighted by Crippen LogP contribution is 2.30. The Morgan fingerprint density at radius 2 is 1.72 bits per heavy atom. The first-order valence-corrected chi connectivity index (χ1v) is 14.1. The number of rotatable bonds is 10. The molecule has 2 amide bonds. The van der Waals surface area contributed by atoms with E-state index in [9.17, 15) is 9.59 Å². The Labute approximate surface area is 235 Å². The summed E-state index contributed by atoms with van der Waals surface area (Å²) in [5.74, 6) is 1.01. The van der Waals surface area contributed by atoms with E-state index in [0.717, 1.165) is 48.6 Å². The highest BCUT2D eigenvalue weighted by Gasteiger charge is 2.25. The number of nitrogens with zero attached hydrogens (tertiary/aromatic N) is 3. The van der Waals surface area contributed by atoms with Gasteiger partial charge in [0.1, 0.15) is 5.75 Å². The number of ether oxygens (including phenoxy) is 1. The zero-order valence-corrected chi connectivity index (χ0v) is 25.2. The molecule has 1 saturated heterocycles. The SMILES string of the molecule is COc1ccc(C(=O)N(Cc2cc(NC(=O)CC(C)(C)C)ccc2N(C)C2CCN(C)CC2)CC(C)C)cc1. The van der Waals surface area contributed by atoms with Crippen LogP contribution < -0.4 is 15.0 Å². The van der Waals surface area contributed by atoms with Crippen LogP contribution in [-0.2, 0) is 11.3 Å².